The zero-order chi connectivity index (χ0) is 11.4. The summed E-state index contributed by atoms with van der Waals surface area (Å²) in [5.41, 5.74) is 0. The van der Waals surface area contributed by atoms with E-state index in [1.807, 2.05) is 13.8 Å². The lowest BCUT2D eigenvalue weighted by Crippen LogP contribution is -2.38. The molecule has 1 heterocycles. The molecule has 86 valence electrons. The number of nitrogens with zero attached hydrogens (tertiary/aromatic N) is 1. The van der Waals surface area contributed by atoms with E-state index in [1.54, 1.807) is 11.8 Å². The third-order valence-corrected chi connectivity index (χ3v) is 2.59. The fourth-order valence-corrected chi connectivity index (χ4v) is 1.82. The van der Waals surface area contributed by atoms with Gasteiger partial charge in [-0.05, 0) is 12.3 Å². The van der Waals surface area contributed by atoms with E-state index in [-0.39, 0.29) is 17.9 Å². The Morgan fingerprint density at radius 3 is 2.60 bits per heavy atom. The average molecular weight is 212 g/mol. The minimum atomic E-state index is 0.0932. The number of hydrogen-bond acceptors (Lipinski definition) is 2. The van der Waals surface area contributed by atoms with E-state index in [9.17, 15) is 9.59 Å². The van der Waals surface area contributed by atoms with Crippen LogP contribution < -0.4 is 5.32 Å². The molecular weight excluding hydrogens is 192 g/mol. The number of carbonyl (C=O) groups is 2. The van der Waals surface area contributed by atoms with Crippen LogP contribution in [0.5, 0.6) is 0 Å². The number of nitrogens with one attached hydrogen (secondary N) is 1. The van der Waals surface area contributed by atoms with Crippen LogP contribution in [-0.2, 0) is 9.59 Å². The third-order valence-electron chi connectivity index (χ3n) is 2.59. The Morgan fingerprint density at radius 2 is 2.13 bits per heavy atom. The van der Waals surface area contributed by atoms with Crippen molar-refractivity contribution in [1.29, 1.82) is 0 Å². The van der Waals surface area contributed by atoms with Crippen LogP contribution in [0, 0.1) is 5.92 Å². The zero-order valence-corrected chi connectivity index (χ0v) is 9.75. The molecule has 1 saturated heterocycles. The highest BCUT2D eigenvalue weighted by molar-refractivity contribution is 5.77. The molecule has 0 aromatic carbocycles. The fraction of sp³-hybridized carbons (Fsp3) is 0.818. The Morgan fingerprint density at radius 1 is 1.47 bits per heavy atom. The first kappa shape index (κ1) is 12.0. The molecule has 4 heteroatoms. The molecule has 1 aliphatic heterocycles. The van der Waals surface area contributed by atoms with Gasteiger partial charge in [-0.1, -0.05) is 13.8 Å². The van der Waals surface area contributed by atoms with E-state index in [4.69, 9.17) is 0 Å². The van der Waals surface area contributed by atoms with Gasteiger partial charge >= 0.3 is 0 Å². The SMILES string of the molecule is CC(=O)N1CCC(NC(=O)CC(C)C)C1. The topological polar surface area (TPSA) is 49.4 Å². The van der Waals surface area contributed by atoms with E-state index >= 15 is 0 Å². The van der Waals surface area contributed by atoms with Gasteiger partial charge in [-0.15, -0.1) is 0 Å². The summed E-state index contributed by atoms with van der Waals surface area (Å²) >= 11 is 0. The van der Waals surface area contributed by atoms with Gasteiger partial charge in [0.25, 0.3) is 0 Å². The Labute approximate surface area is 91.0 Å². The summed E-state index contributed by atoms with van der Waals surface area (Å²) in [6.45, 7) is 7.05. The lowest BCUT2D eigenvalue weighted by Gasteiger charge is -2.15. The lowest BCUT2D eigenvalue weighted by atomic mass is 10.1. The first-order valence-electron chi connectivity index (χ1n) is 5.54. The van der Waals surface area contributed by atoms with Crippen molar-refractivity contribution in [3.05, 3.63) is 0 Å². The summed E-state index contributed by atoms with van der Waals surface area (Å²) in [4.78, 5) is 24.3. The molecule has 1 atom stereocenters. The lowest BCUT2D eigenvalue weighted by molar-refractivity contribution is -0.128. The van der Waals surface area contributed by atoms with E-state index in [0.717, 1.165) is 13.0 Å². The van der Waals surface area contributed by atoms with E-state index in [2.05, 4.69) is 5.32 Å². The quantitative estimate of drug-likeness (QED) is 0.751. The van der Waals surface area contributed by atoms with Crippen LogP contribution in [0.15, 0.2) is 0 Å². The minimum Gasteiger partial charge on any atom is -0.352 e. The van der Waals surface area contributed by atoms with Crippen molar-refractivity contribution in [1.82, 2.24) is 10.2 Å². The molecule has 0 spiro atoms. The van der Waals surface area contributed by atoms with Gasteiger partial charge in [-0.25, -0.2) is 0 Å². The molecular formula is C11H20N2O2. The number of likely N-dealkylation sites (tertiary alicyclic amines) is 1. The number of hydrogen-bond donors (Lipinski definition) is 1. The first-order chi connectivity index (χ1) is 6.99. The van der Waals surface area contributed by atoms with Crippen LogP contribution in [0.3, 0.4) is 0 Å². The second-order valence-corrected chi connectivity index (χ2v) is 4.62. The third kappa shape index (κ3) is 3.90. The second kappa shape index (κ2) is 5.14. The Balaban J connectivity index is 2.30. The molecule has 0 aromatic heterocycles. The smallest absolute Gasteiger partial charge is 0.220 e. The fourth-order valence-electron chi connectivity index (χ4n) is 1.82. The molecule has 0 radical (unpaired) electrons. The van der Waals surface area contributed by atoms with Crippen LogP contribution in [0.25, 0.3) is 0 Å². The van der Waals surface area contributed by atoms with E-state index < -0.39 is 0 Å². The van der Waals surface area contributed by atoms with Crippen molar-refractivity contribution in [2.24, 2.45) is 5.92 Å². The summed E-state index contributed by atoms with van der Waals surface area (Å²) < 4.78 is 0. The number of rotatable bonds is 3. The van der Waals surface area contributed by atoms with E-state index in [1.165, 1.54) is 0 Å². The largest absolute Gasteiger partial charge is 0.352 e. The normalized spacial score (nSPS) is 20.8. The van der Waals surface area contributed by atoms with Gasteiger partial charge in [-0.3, -0.25) is 9.59 Å². The van der Waals surface area contributed by atoms with Crippen molar-refractivity contribution in [2.45, 2.75) is 39.7 Å². The molecule has 0 aromatic rings. The molecule has 2 amide bonds. The van der Waals surface area contributed by atoms with Gasteiger partial charge in [0.15, 0.2) is 0 Å². The second-order valence-electron chi connectivity index (χ2n) is 4.62. The highest BCUT2D eigenvalue weighted by Gasteiger charge is 2.25. The van der Waals surface area contributed by atoms with Crippen LogP contribution >= 0.6 is 0 Å². The summed E-state index contributed by atoms with van der Waals surface area (Å²) in [5, 5.41) is 2.96. The molecule has 1 aliphatic rings. The number of amides is 2. The van der Waals surface area contributed by atoms with Gasteiger partial charge in [0.05, 0.1) is 0 Å². The van der Waals surface area contributed by atoms with Gasteiger partial charge in [0, 0.05) is 32.5 Å². The van der Waals surface area contributed by atoms with Gasteiger partial charge < -0.3 is 10.2 Å². The maximum atomic E-state index is 11.5. The summed E-state index contributed by atoms with van der Waals surface area (Å²) in [5.74, 6) is 0.575. The van der Waals surface area contributed by atoms with Crippen LogP contribution in [0.4, 0.5) is 0 Å². The molecule has 1 N–H and O–H groups in total. The summed E-state index contributed by atoms with van der Waals surface area (Å²) in [6.07, 6.45) is 1.44. The Hall–Kier alpha value is -1.06. The predicted molar refractivity (Wildman–Crippen MR) is 58.3 cm³/mol. The van der Waals surface area contributed by atoms with Crippen molar-refractivity contribution < 1.29 is 9.59 Å². The number of carbonyl (C=O) groups excluding carboxylic acids is 2. The van der Waals surface area contributed by atoms with Crippen molar-refractivity contribution in [2.75, 3.05) is 13.1 Å². The maximum absolute atomic E-state index is 11.5. The van der Waals surface area contributed by atoms with Crippen LogP contribution in [0.2, 0.25) is 0 Å². The predicted octanol–water partition coefficient (Wildman–Crippen LogP) is 0.769. The molecule has 1 rings (SSSR count). The molecule has 1 unspecified atom stereocenters. The standard InChI is InChI=1S/C11H20N2O2/c1-8(2)6-11(15)12-10-4-5-13(7-10)9(3)14/h8,10H,4-7H2,1-3H3,(H,12,15). The zero-order valence-electron chi connectivity index (χ0n) is 9.75. The monoisotopic (exact) mass is 212 g/mol. The molecule has 4 nitrogen and oxygen atoms in total. The van der Waals surface area contributed by atoms with Crippen molar-refractivity contribution in [3.8, 4) is 0 Å². The average Bonchev–Trinajstić information content (AvgIpc) is 2.50. The Bertz CT molecular complexity index is 251. The first-order valence-corrected chi connectivity index (χ1v) is 5.54. The summed E-state index contributed by atoms with van der Waals surface area (Å²) in [6, 6.07) is 0.153. The van der Waals surface area contributed by atoms with Crippen LogP contribution in [0.1, 0.15) is 33.6 Å². The van der Waals surface area contributed by atoms with Gasteiger partial charge in [-0.2, -0.15) is 0 Å². The molecule has 1 fully saturated rings. The molecule has 0 saturated carbocycles. The van der Waals surface area contributed by atoms with Crippen molar-refractivity contribution in [3.63, 3.8) is 0 Å². The highest BCUT2D eigenvalue weighted by Crippen LogP contribution is 2.09. The maximum Gasteiger partial charge on any atom is 0.220 e. The minimum absolute atomic E-state index is 0.0932. The molecule has 0 aliphatic carbocycles. The van der Waals surface area contributed by atoms with E-state index in [0.29, 0.717) is 18.9 Å². The molecule has 15 heavy (non-hydrogen) atoms. The summed E-state index contributed by atoms with van der Waals surface area (Å²) in [7, 11) is 0. The van der Waals surface area contributed by atoms with Gasteiger partial charge in [0.1, 0.15) is 0 Å². The Kier molecular flexibility index (Phi) is 4.12. The highest BCUT2D eigenvalue weighted by atomic mass is 16.2. The van der Waals surface area contributed by atoms with Gasteiger partial charge in [0.2, 0.25) is 11.8 Å². The molecule has 0 bridgehead atoms. The van der Waals surface area contributed by atoms with Crippen molar-refractivity contribution >= 4 is 11.8 Å². The van der Waals surface area contributed by atoms with Crippen LogP contribution in [-0.4, -0.2) is 35.8 Å².